The molecule has 0 aliphatic carbocycles. The van der Waals surface area contributed by atoms with Gasteiger partial charge in [0.1, 0.15) is 5.82 Å². The lowest BCUT2D eigenvalue weighted by atomic mass is 10.1. The van der Waals surface area contributed by atoms with Gasteiger partial charge in [0.2, 0.25) is 11.8 Å². The Morgan fingerprint density at radius 1 is 1.17 bits per heavy atom. The summed E-state index contributed by atoms with van der Waals surface area (Å²) in [6.07, 6.45) is 1.96. The summed E-state index contributed by atoms with van der Waals surface area (Å²) in [7, 11) is 0. The van der Waals surface area contributed by atoms with Crippen LogP contribution in [0.15, 0.2) is 42.6 Å². The molecule has 3 rings (SSSR count). The Kier molecular flexibility index (Phi) is 4.60. The van der Waals surface area contributed by atoms with Crippen LogP contribution in [0.3, 0.4) is 0 Å². The Bertz CT molecular complexity index is 738. The zero-order valence-electron chi connectivity index (χ0n) is 14.0. The van der Waals surface area contributed by atoms with Gasteiger partial charge in [-0.1, -0.05) is 35.9 Å². The zero-order chi connectivity index (χ0) is 17.1. The molecule has 1 aromatic carbocycles. The van der Waals surface area contributed by atoms with Gasteiger partial charge in [-0.15, -0.1) is 0 Å². The number of pyridine rings is 1. The maximum Gasteiger partial charge on any atom is 0.230 e. The molecular formula is C19H21N3O2. The lowest BCUT2D eigenvalue weighted by Crippen LogP contribution is -2.28. The van der Waals surface area contributed by atoms with Crippen molar-refractivity contribution in [1.29, 1.82) is 0 Å². The molecule has 2 amide bonds. The van der Waals surface area contributed by atoms with E-state index in [1.807, 2.05) is 44.2 Å². The third-order valence-electron chi connectivity index (χ3n) is 4.24. The second-order valence-electron chi connectivity index (χ2n) is 6.37. The summed E-state index contributed by atoms with van der Waals surface area (Å²) in [5.41, 5.74) is 3.30. The topological polar surface area (TPSA) is 62.3 Å². The number of amides is 2. The van der Waals surface area contributed by atoms with Crippen LogP contribution in [0.2, 0.25) is 0 Å². The second kappa shape index (κ2) is 6.83. The van der Waals surface area contributed by atoms with Crippen molar-refractivity contribution in [2.75, 3.05) is 11.9 Å². The largest absolute Gasteiger partial charge is 0.338 e. The minimum atomic E-state index is -0.328. The average Bonchev–Trinajstić information content (AvgIpc) is 2.93. The first-order valence-electron chi connectivity index (χ1n) is 8.08. The van der Waals surface area contributed by atoms with Gasteiger partial charge in [0.05, 0.1) is 5.92 Å². The van der Waals surface area contributed by atoms with E-state index >= 15 is 0 Å². The molecule has 1 fully saturated rings. The molecule has 1 aliphatic heterocycles. The van der Waals surface area contributed by atoms with Crippen LogP contribution in [0.4, 0.5) is 5.82 Å². The van der Waals surface area contributed by atoms with E-state index < -0.39 is 0 Å². The average molecular weight is 323 g/mol. The van der Waals surface area contributed by atoms with E-state index in [2.05, 4.69) is 10.3 Å². The first-order valence-corrected chi connectivity index (χ1v) is 8.08. The lowest BCUT2D eigenvalue weighted by Gasteiger charge is -2.16. The highest BCUT2D eigenvalue weighted by Crippen LogP contribution is 2.21. The van der Waals surface area contributed by atoms with E-state index in [1.54, 1.807) is 17.2 Å². The van der Waals surface area contributed by atoms with Crippen LogP contribution in [-0.4, -0.2) is 28.2 Å². The van der Waals surface area contributed by atoms with Gasteiger partial charge in [-0.05, 0) is 31.0 Å². The highest BCUT2D eigenvalue weighted by atomic mass is 16.2. The van der Waals surface area contributed by atoms with E-state index in [-0.39, 0.29) is 24.2 Å². The molecular weight excluding hydrogens is 302 g/mol. The Morgan fingerprint density at radius 3 is 2.54 bits per heavy atom. The molecule has 1 atom stereocenters. The van der Waals surface area contributed by atoms with Crippen LogP contribution >= 0.6 is 0 Å². The van der Waals surface area contributed by atoms with Crippen LogP contribution < -0.4 is 5.32 Å². The van der Waals surface area contributed by atoms with Gasteiger partial charge in [-0.3, -0.25) is 9.59 Å². The minimum absolute atomic E-state index is 0.0209. The van der Waals surface area contributed by atoms with E-state index in [4.69, 9.17) is 0 Å². The number of aromatic nitrogens is 1. The Balaban J connectivity index is 1.60. The number of likely N-dealkylation sites (tertiary alicyclic amines) is 1. The molecule has 1 aliphatic rings. The van der Waals surface area contributed by atoms with Crippen LogP contribution in [-0.2, 0) is 16.1 Å². The molecule has 0 saturated carbocycles. The second-order valence-corrected chi connectivity index (χ2v) is 6.37. The minimum Gasteiger partial charge on any atom is -0.338 e. The molecule has 1 saturated heterocycles. The smallest absolute Gasteiger partial charge is 0.230 e. The quantitative estimate of drug-likeness (QED) is 0.941. The normalized spacial score (nSPS) is 17.2. The number of rotatable bonds is 4. The van der Waals surface area contributed by atoms with Crippen molar-refractivity contribution in [3.05, 3.63) is 59.3 Å². The van der Waals surface area contributed by atoms with Crippen LogP contribution in [0, 0.1) is 19.8 Å². The third kappa shape index (κ3) is 3.79. The number of carbonyl (C=O) groups is 2. The van der Waals surface area contributed by atoms with Gasteiger partial charge in [-0.25, -0.2) is 4.98 Å². The maximum absolute atomic E-state index is 12.4. The van der Waals surface area contributed by atoms with Crippen molar-refractivity contribution >= 4 is 17.6 Å². The Hall–Kier alpha value is -2.69. The van der Waals surface area contributed by atoms with Gasteiger partial charge < -0.3 is 10.2 Å². The van der Waals surface area contributed by atoms with Crippen LogP contribution in [0.25, 0.3) is 0 Å². The van der Waals surface area contributed by atoms with Crippen molar-refractivity contribution in [3.8, 4) is 0 Å². The van der Waals surface area contributed by atoms with Crippen molar-refractivity contribution in [2.45, 2.75) is 26.8 Å². The SMILES string of the molecule is Cc1ccc(CN2C[C@@H](C(=O)Nc3ccc(C)cn3)CC2=O)cc1. The molecule has 24 heavy (non-hydrogen) atoms. The fourth-order valence-electron chi connectivity index (χ4n) is 2.78. The molecule has 5 heteroatoms. The predicted octanol–water partition coefficient (Wildman–Crippen LogP) is 2.69. The van der Waals surface area contributed by atoms with Gasteiger partial charge in [0.25, 0.3) is 0 Å². The van der Waals surface area contributed by atoms with Crippen LogP contribution in [0.1, 0.15) is 23.1 Å². The monoisotopic (exact) mass is 323 g/mol. The molecule has 0 radical (unpaired) electrons. The number of hydrogen-bond donors (Lipinski definition) is 1. The van der Waals surface area contributed by atoms with E-state index in [9.17, 15) is 9.59 Å². The van der Waals surface area contributed by atoms with E-state index in [0.29, 0.717) is 18.9 Å². The number of aryl methyl sites for hydroxylation is 2. The van der Waals surface area contributed by atoms with Gasteiger partial charge in [0.15, 0.2) is 0 Å². The molecule has 1 aromatic heterocycles. The summed E-state index contributed by atoms with van der Waals surface area (Å²) in [5, 5.41) is 2.79. The Morgan fingerprint density at radius 2 is 1.88 bits per heavy atom. The zero-order valence-corrected chi connectivity index (χ0v) is 14.0. The third-order valence-corrected chi connectivity index (χ3v) is 4.24. The summed E-state index contributed by atoms with van der Waals surface area (Å²) in [6, 6.07) is 11.8. The lowest BCUT2D eigenvalue weighted by molar-refractivity contribution is -0.128. The van der Waals surface area contributed by atoms with Gasteiger partial charge in [0, 0.05) is 25.7 Å². The summed E-state index contributed by atoms with van der Waals surface area (Å²) in [6.45, 7) is 4.97. The summed E-state index contributed by atoms with van der Waals surface area (Å²) in [4.78, 5) is 30.5. The van der Waals surface area contributed by atoms with E-state index in [0.717, 1.165) is 11.1 Å². The fourth-order valence-corrected chi connectivity index (χ4v) is 2.78. The van der Waals surface area contributed by atoms with Crippen molar-refractivity contribution < 1.29 is 9.59 Å². The van der Waals surface area contributed by atoms with Gasteiger partial charge >= 0.3 is 0 Å². The molecule has 124 valence electrons. The summed E-state index contributed by atoms with van der Waals surface area (Å²) in [5.74, 6) is 0.0692. The number of anilines is 1. The van der Waals surface area contributed by atoms with E-state index in [1.165, 1.54) is 5.56 Å². The summed E-state index contributed by atoms with van der Waals surface area (Å²) < 4.78 is 0. The van der Waals surface area contributed by atoms with Crippen molar-refractivity contribution in [1.82, 2.24) is 9.88 Å². The molecule has 1 N–H and O–H groups in total. The number of carbonyl (C=O) groups excluding carboxylic acids is 2. The first kappa shape index (κ1) is 16.2. The molecule has 0 bridgehead atoms. The number of hydrogen-bond acceptors (Lipinski definition) is 3. The molecule has 0 unspecified atom stereocenters. The Labute approximate surface area is 141 Å². The standard InChI is InChI=1S/C19H21N3O2/c1-13-3-6-15(7-4-13)11-22-12-16(9-18(22)23)19(24)21-17-8-5-14(2)10-20-17/h3-8,10,16H,9,11-12H2,1-2H3,(H,20,21,24)/t16-/m0/s1. The fraction of sp³-hybridized carbons (Fsp3) is 0.316. The molecule has 0 spiro atoms. The number of nitrogens with one attached hydrogen (secondary N) is 1. The molecule has 5 nitrogen and oxygen atoms in total. The number of benzene rings is 1. The van der Waals surface area contributed by atoms with Crippen molar-refractivity contribution in [2.24, 2.45) is 5.92 Å². The van der Waals surface area contributed by atoms with Crippen molar-refractivity contribution in [3.63, 3.8) is 0 Å². The molecule has 2 aromatic rings. The van der Waals surface area contributed by atoms with Crippen LogP contribution in [0.5, 0.6) is 0 Å². The number of nitrogens with zero attached hydrogens (tertiary/aromatic N) is 2. The summed E-state index contributed by atoms with van der Waals surface area (Å²) >= 11 is 0. The predicted molar refractivity (Wildman–Crippen MR) is 92.3 cm³/mol. The highest BCUT2D eigenvalue weighted by Gasteiger charge is 2.34. The maximum atomic E-state index is 12.4. The highest BCUT2D eigenvalue weighted by molar-refractivity contribution is 5.96. The first-order chi connectivity index (χ1) is 11.5. The molecule has 2 heterocycles. The van der Waals surface area contributed by atoms with Gasteiger partial charge in [-0.2, -0.15) is 0 Å².